The first kappa shape index (κ1) is 26.2. The average molecular weight is 554 g/mol. The Balaban J connectivity index is 1.43. The van der Waals surface area contributed by atoms with E-state index in [1.54, 1.807) is 0 Å². The van der Waals surface area contributed by atoms with E-state index in [9.17, 15) is 4.79 Å². The number of aryl methyl sites for hydroxylation is 4. The number of carbonyl (C=O) groups excluding carboxylic acids is 1. The van der Waals surface area contributed by atoms with E-state index in [2.05, 4.69) is 56.3 Å². The molecular formula is C32H39N7O2. The molecule has 0 atom stereocenters. The lowest BCUT2D eigenvalue weighted by molar-refractivity contribution is 0.0966. The zero-order chi connectivity index (χ0) is 28.2. The molecule has 0 bridgehead atoms. The highest BCUT2D eigenvalue weighted by molar-refractivity contribution is 6.20. The number of nitrogens with zero attached hydrogens (tertiary/aromatic N) is 6. The maximum absolute atomic E-state index is 13.4. The summed E-state index contributed by atoms with van der Waals surface area (Å²) < 4.78 is 4.43. The topological polar surface area (TPSA) is 79.9 Å². The minimum absolute atomic E-state index is 0.0241. The van der Waals surface area contributed by atoms with E-state index in [0.717, 1.165) is 97.8 Å². The van der Waals surface area contributed by atoms with Crippen LogP contribution in [0.2, 0.25) is 0 Å². The number of aromatic nitrogens is 3. The summed E-state index contributed by atoms with van der Waals surface area (Å²) >= 11 is 0. The highest BCUT2D eigenvalue weighted by Gasteiger charge is 2.35. The molecule has 0 spiro atoms. The molecular weight excluding hydrogens is 514 g/mol. The lowest BCUT2D eigenvalue weighted by atomic mass is 9.82. The van der Waals surface area contributed by atoms with E-state index in [1.807, 2.05) is 25.6 Å². The minimum atomic E-state index is 0.0241. The number of hydrogen-bond acceptors (Lipinski definition) is 6. The fourth-order valence-electron chi connectivity index (χ4n) is 7.11. The number of hydrogen-bond donors (Lipinski definition) is 1. The average Bonchev–Trinajstić information content (AvgIpc) is 3.65. The van der Waals surface area contributed by atoms with Crippen molar-refractivity contribution in [2.75, 3.05) is 46.4 Å². The van der Waals surface area contributed by atoms with Crippen LogP contribution in [0.1, 0.15) is 53.0 Å². The fraction of sp³-hybridized carbons (Fsp3) is 0.469. The van der Waals surface area contributed by atoms with Gasteiger partial charge in [0.1, 0.15) is 6.61 Å². The lowest BCUT2D eigenvalue weighted by Gasteiger charge is -2.32. The van der Waals surface area contributed by atoms with Crippen LogP contribution in [0.25, 0.3) is 32.9 Å². The summed E-state index contributed by atoms with van der Waals surface area (Å²) in [7, 11) is 4.18. The maximum atomic E-state index is 13.4. The van der Waals surface area contributed by atoms with Crippen molar-refractivity contribution in [3.05, 3.63) is 52.3 Å². The zero-order valence-electron chi connectivity index (χ0n) is 24.6. The first-order valence-corrected chi connectivity index (χ1v) is 15.0. The summed E-state index contributed by atoms with van der Waals surface area (Å²) in [5.41, 5.74) is 10.9. The van der Waals surface area contributed by atoms with Crippen molar-refractivity contribution in [3.63, 3.8) is 0 Å². The van der Waals surface area contributed by atoms with Gasteiger partial charge in [0.15, 0.2) is 0 Å². The van der Waals surface area contributed by atoms with Crippen molar-refractivity contribution in [1.82, 2.24) is 29.5 Å². The van der Waals surface area contributed by atoms with Crippen LogP contribution in [0.5, 0.6) is 0 Å². The Kier molecular flexibility index (Phi) is 6.59. The second-order valence-corrected chi connectivity index (χ2v) is 11.8. The second-order valence-electron chi connectivity index (χ2n) is 11.8. The van der Waals surface area contributed by atoms with E-state index < -0.39 is 0 Å². The summed E-state index contributed by atoms with van der Waals surface area (Å²) in [4.78, 5) is 23.8. The van der Waals surface area contributed by atoms with Gasteiger partial charge in [-0.1, -0.05) is 11.2 Å². The van der Waals surface area contributed by atoms with Gasteiger partial charge in [0.25, 0.3) is 5.91 Å². The number of carbonyl (C=O) groups is 1. The third-order valence-electron chi connectivity index (χ3n) is 9.14. The second kappa shape index (κ2) is 10.3. The largest absolute Gasteiger partial charge is 0.396 e. The van der Waals surface area contributed by atoms with Crippen molar-refractivity contribution < 1.29 is 9.63 Å². The van der Waals surface area contributed by atoms with Gasteiger partial charge in [-0.2, -0.15) is 5.10 Å². The van der Waals surface area contributed by atoms with Gasteiger partial charge in [-0.15, -0.1) is 0 Å². The summed E-state index contributed by atoms with van der Waals surface area (Å²) in [5.74, 6) is 0.0241. The fourth-order valence-corrected chi connectivity index (χ4v) is 7.11. The van der Waals surface area contributed by atoms with Crippen molar-refractivity contribution in [1.29, 1.82) is 0 Å². The molecule has 1 N–H and O–H groups in total. The minimum Gasteiger partial charge on any atom is -0.396 e. The Labute approximate surface area is 240 Å². The molecule has 2 aromatic heterocycles. The van der Waals surface area contributed by atoms with Crippen LogP contribution in [0, 0.1) is 0 Å². The molecule has 0 radical (unpaired) electrons. The van der Waals surface area contributed by atoms with Gasteiger partial charge in [-0.3, -0.25) is 9.48 Å². The predicted octanol–water partition coefficient (Wildman–Crippen LogP) is 3.94. The highest BCUT2D eigenvalue weighted by Crippen LogP contribution is 2.46. The molecule has 214 valence electrons. The smallest absolute Gasteiger partial charge is 0.252 e. The maximum Gasteiger partial charge on any atom is 0.252 e. The SMILES string of the molecule is CCO/N=C(\C)c1ccc2c(c1)c1c3c(c4c(c1n2CCCN1CCN(C)CC1)CCc1nn(C)cc1-4)C(=O)NC3. The zero-order valence-corrected chi connectivity index (χ0v) is 24.6. The standard InChI is InChI=1S/C32H39N7O2/c1-5-41-35-20(2)21-7-10-27-23(17-21)29-24-18-33-32(40)30(24)28-22(8-9-26-25(28)19-37(4)34-26)31(29)39(27)12-6-11-38-15-13-36(3)14-16-38/h7,10,17,19H,5-6,8-9,11-16,18H2,1-4H3,(H,33,40)/b35-20+. The number of fused-ring (bicyclic) bond motifs is 10. The Morgan fingerprint density at radius 2 is 1.90 bits per heavy atom. The van der Waals surface area contributed by atoms with E-state index in [-0.39, 0.29) is 5.91 Å². The summed E-state index contributed by atoms with van der Waals surface area (Å²) in [6, 6.07) is 6.65. The van der Waals surface area contributed by atoms with Gasteiger partial charge in [0.2, 0.25) is 0 Å². The molecule has 9 heteroatoms. The molecule has 41 heavy (non-hydrogen) atoms. The predicted molar refractivity (Wildman–Crippen MR) is 163 cm³/mol. The first-order chi connectivity index (χ1) is 19.9. The van der Waals surface area contributed by atoms with Crippen LogP contribution < -0.4 is 5.32 Å². The molecule has 2 aliphatic heterocycles. The summed E-state index contributed by atoms with van der Waals surface area (Å²) in [6.07, 6.45) is 4.93. The first-order valence-electron chi connectivity index (χ1n) is 15.0. The molecule has 4 heterocycles. The van der Waals surface area contributed by atoms with Crippen molar-refractivity contribution in [3.8, 4) is 11.1 Å². The molecule has 1 saturated heterocycles. The Bertz CT molecular complexity index is 1700. The molecule has 0 unspecified atom stereocenters. The Morgan fingerprint density at radius 1 is 1.07 bits per heavy atom. The molecule has 3 aliphatic rings. The molecule has 0 saturated carbocycles. The van der Waals surface area contributed by atoms with Crippen LogP contribution in [-0.4, -0.2) is 82.1 Å². The van der Waals surface area contributed by atoms with Gasteiger partial charge in [0, 0.05) is 79.9 Å². The third-order valence-corrected chi connectivity index (χ3v) is 9.14. The molecule has 1 aliphatic carbocycles. The molecule has 1 fully saturated rings. The number of piperazine rings is 1. The summed E-state index contributed by atoms with van der Waals surface area (Å²) in [5, 5.41) is 14.6. The lowest BCUT2D eigenvalue weighted by Crippen LogP contribution is -2.44. The van der Waals surface area contributed by atoms with E-state index in [0.29, 0.717) is 13.2 Å². The number of benzene rings is 2. The molecule has 1 amide bonds. The molecule has 7 rings (SSSR count). The molecule has 9 nitrogen and oxygen atoms in total. The van der Waals surface area contributed by atoms with Crippen molar-refractivity contribution in [2.24, 2.45) is 12.2 Å². The molecule has 4 aromatic rings. The van der Waals surface area contributed by atoms with Gasteiger partial charge in [-0.05, 0) is 75.5 Å². The van der Waals surface area contributed by atoms with E-state index >= 15 is 0 Å². The van der Waals surface area contributed by atoms with Crippen LogP contribution >= 0.6 is 0 Å². The third kappa shape index (κ3) is 4.33. The monoisotopic (exact) mass is 553 g/mol. The quantitative estimate of drug-likeness (QED) is 0.277. The van der Waals surface area contributed by atoms with Crippen LogP contribution in [0.3, 0.4) is 0 Å². The number of amides is 1. The Hall–Kier alpha value is -3.69. The summed E-state index contributed by atoms with van der Waals surface area (Å²) in [6.45, 7) is 11.6. The highest BCUT2D eigenvalue weighted by atomic mass is 16.6. The van der Waals surface area contributed by atoms with Crippen LogP contribution in [0.15, 0.2) is 29.6 Å². The van der Waals surface area contributed by atoms with E-state index in [1.165, 1.54) is 27.4 Å². The van der Waals surface area contributed by atoms with E-state index in [4.69, 9.17) is 9.94 Å². The Morgan fingerprint density at radius 3 is 2.71 bits per heavy atom. The number of nitrogens with one attached hydrogen (secondary N) is 1. The van der Waals surface area contributed by atoms with Gasteiger partial charge in [0.05, 0.1) is 22.5 Å². The van der Waals surface area contributed by atoms with Gasteiger partial charge < -0.3 is 24.5 Å². The van der Waals surface area contributed by atoms with Gasteiger partial charge >= 0.3 is 0 Å². The van der Waals surface area contributed by atoms with Gasteiger partial charge in [-0.25, -0.2) is 0 Å². The van der Waals surface area contributed by atoms with Crippen LogP contribution in [-0.2, 0) is 37.8 Å². The number of likely N-dealkylation sites (N-methyl/N-ethyl adjacent to an activating group) is 1. The van der Waals surface area contributed by atoms with Crippen molar-refractivity contribution >= 4 is 33.4 Å². The van der Waals surface area contributed by atoms with Crippen molar-refractivity contribution in [2.45, 2.75) is 46.2 Å². The number of oxime groups is 1. The molecule has 2 aromatic carbocycles. The number of rotatable bonds is 7. The normalized spacial score (nSPS) is 17.7. The van der Waals surface area contributed by atoms with Crippen LogP contribution in [0.4, 0.5) is 0 Å².